The normalized spacial score (nSPS) is 26.7. The summed E-state index contributed by atoms with van der Waals surface area (Å²) in [5, 5.41) is 46.8. The van der Waals surface area contributed by atoms with Crippen LogP contribution in [0.3, 0.4) is 0 Å². The molecule has 9 heteroatoms. The third kappa shape index (κ3) is 5.09. The zero-order valence-corrected chi connectivity index (χ0v) is 28.8. The second-order valence-electron chi connectivity index (χ2n) is 14.4. The average molecular weight is 659 g/mol. The largest absolute Gasteiger partial charge is 0.508 e. The van der Waals surface area contributed by atoms with Crippen molar-refractivity contribution in [2.24, 2.45) is 22.7 Å². The number of Topliss-reactive ketones (excluding diaryl/α,β-unsaturated/α-hetero) is 3. The highest BCUT2D eigenvalue weighted by atomic mass is 16.5. The first kappa shape index (κ1) is 35.1. The van der Waals surface area contributed by atoms with Gasteiger partial charge >= 0.3 is 5.97 Å². The summed E-state index contributed by atoms with van der Waals surface area (Å²) in [6.07, 6.45) is 2.44. The Bertz CT molecular complexity index is 1800. The highest BCUT2D eigenvalue weighted by molar-refractivity contribution is 6.24. The smallest absolute Gasteiger partial charge is 0.305 e. The molecule has 9 nitrogen and oxygen atoms in total. The Hall–Kier alpha value is -4.24. The number of ether oxygens (including phenoxy) is 1. The van der Waals surface area contributed by atoms with Gasteiger partial charge < -0.3 is 25.2 Å². The summed E-state index contributed by atoms with van der Waals surface area (Å²) in [4.78, 5) is 52.9. The first-order valence-electron chi connectivity index (χ1n) is 16.8. The molecule has 1 fully saturated rings. The Morgan fingerprint density at radius 1 is 1.02 bits per heavy atom. The fourth-order valence-corrected chi connectivity index (χ4v) is 8.98. The minimum atomic E-state index is -2.66. The van der Waals surface area contributed by atoms with Crippen LogP contribution >= 0.6 is 0 Å². The van der Waals surface area contributed by atoms with E-state index in [0.29, 0.717) is 37.9 Å². The van der Waals surface area contributed by atoms with Crippen LogP contribution in [-0.4, -0.2) is 56.0 Å². The molecule has 5 rings (SSSR count). The molecule has 3 aliphatic carbocycles. The second-order valence-corrected chi connectivity index (χ2v) is 14.4. The Morgan fingerprint density at radius 2 is 1.71 bits per heavy atom. The van der Waals surface area contributed by atoms with E-state index in [1.54, 1.807) is 40.7 Å². The molecular weight excluding hydrogens is 612 g/mol. The quantitative estimate of drug-likeness (QED) is 0.179. The van der Waals surface area contributed by atoms with Crippen LogP contribution in [-0.2, 0) is 43.2 Å². The van der Waals surface area contributed by atoms with Gasteiger partial charge in [-0.25, -0.2) is 0 Å². The lowest BCUT2D eigenvalue weighted by atomic mass is 9.43. The molecule has 4 N–H and O–H groups in total. The first-order chi connectivity index (χ1) is 22.5. The van der Waals surface area contributed by atoms with Gasteiger partial charge in [0.25, 0.3) is 0 Å². The molecule has 0 radical (unpaired) electrons. The number of fused-ring (bicyclic) bond motifs is 3. The van der Waals surface area contributed by atoms with E-state index in [4.69, 9.17) is 4.74 Å². The fourth-order valence-electron chi connectivity index (χ4n) is 8.98. The lowest BCUT2D eigenvalue weighted by Gasteiger charge is -2.59. The molecule has 2 aromatic rings. The number of aliphatic hydroxyl groups excluding tert-OH is 2. The van der Waals surface area contributed by atoms with Crippen LogP contribution in [0.5, 0.6) is 5.75 Å². The summed E-state index contributed by atoms with van der Waals surface area (Å²) in [5.41, 5.74) is -1.68. The van der Waals surface area contributed by atoms with Gasteiger partial charge in [-0.1, -0.05) is 58.9 Å². The summed E-state index contributed by atoms with van der Waals surface area (Å²) < 4.78 is 5.07. The number of carbonyl (C=O) groups excluding carboxylic acids is 4. The van der Waals surface area contributed by atoms with Crippen molar-refractivity contribution < 1.29 is 44.3 Å². The number of rotatable bonds is 9. The van der Waals surface area contributed by atoms with Gasteiger partial charge in [0.05, 0.1) is 12.2 Å². The second kappa shape index (κ2) is 12.3. The maximum absolute atomic E-state index is 14.6. The van der Waals surface area contributed by atoms with Crippen LogP contribution < -0.4 is 0 Å². The van der Waals surface area contributed by atoms with Crippen molar-refractivity contribution in [3.05, 3.63) is 69.5 Å². The fraction of sp³-hybridized carbons (Fsp3) is 0.487. The SMILES string of the molecule is CCOC(=O)CCCc1ccc(CC)c(-c2ccc(O)c3c2C[C@]2(C)C[C@]4(C)C(C(C)C)C(=O)C(C(C)=O)=C(O)[C@]4(O)C(=O)C2=C3O)c1. The molecule has 1 unspecified atom stereocenters. The zero-order chi connectivity index (χ0) is 35.5. The molecule has 0 aromatic heterocycles. The van der Waals surface area contributed by atoms with Crippen LogP contribution in [0.1, 0.15) is 90.0 Å². The van der Waals surface area contributed by atoms with E-state index in [9.17, 15) is 39.6 Å². The predicted octanol–water partition coefficient (Wildman–Crippen LogP) is 6.31. The van der Waals surface area contributed by atoms with E-state index in [-0.39, 0.29) is 35.7 Å². The number of carbonyl (C=O) groups is 4. The van der Waals surface area contributed by atoms with Gasteiger partial charge in [-0.15, -0.1) is 0 Å². The van der Waals surface area contributed by atoms with Gasteiger partial charge in [-0.2, -0.15) is 0 Å². The van der Waals surface area contributed by atoms with Crippen molar-refractivity contribution in [2.75, 3.05) is 6.61 Å². The van der Waals surface area contributed by atoms with Crippen LogP contribution in [0, 0.1) is 22.7 Å². The number of hydrogen-bond donors (Lipinski definition) is 4. The summed E-state index contributed by atoms with van der Waals surface area (Å²) in [6.45, 7) is 12.2. The van der Waals surface area contributed by atoms with Gasteiger partial charge in [-0.05, 0) is 85.8 Å². The van der Waals surface area contributed by atoms with Crippen LogP contribution in [0.2, 0.25) is 0 Å². The van der Waals surface area contributed by atoms with E-state index >= 15 is 0 Å². The Kier molecular flexibility index (Phi) is 9.01. The minimum Gasteiger partial charge on any atom is -0.508 e. The maximum atomic E-state index is 14.6. The summed E-state index contributed by atoms with van der Waals surface area (Å²) in [6, 6.07) is 9.38. The van der Waals surface area contributed by atoms with Gasteiger partial charge in [0, 0.05) is 28.7 Å². The van der Waals surface area contributed by atoms with Crippen molar-refractivity contribution >= 4 is 29.1 Å². The number of phenolic OH excluding ortho intramolecular Hbond substituents is 1. The van der Waals surface area contributed by atoms with E-state index in [0.717, 1.165) is 29.2 Å². The van der Waals surface area contributed by atoms with Crippen LogP contribution in [0.15, 0.2) is 47.2 Å². The number of allylic oxidation sites excluding steroid dienone is 1. The van der Waals surface area contributed by atoms with Crippen molar-refractivity contribution in [1.29, 1.82) is 0 Å². The molecule has 3 aliphatic rings. The molecule has 0 spiro atoms. The van der Waals surface area contributed by atoms with Crippen LogP contribution in [0.25, 0.3) is 16.9 Å². The molecule has 0 bridgehead atoms. The number of phenols is 1. The van der Waals surface area contributed by atoms with Gasteiger partial charge in [0.2, 0.25) is 5.78 Å². The monoisotopic (exact) mass is 658 g/mol. The number of aromatic hydroxyl groups is 1. The topological polar surface area (TPSA) is 158 Å². The van der Waals surface area contributed by atoms with Gasteiger partial charge in [0.15, 0.2) is 17.2 Å². The predicted molar refractivity (Wildman–Crippen MR) is 180 cm³/mol. The Labute approximate surface area is 281 Å². The standard InChI is InChI=1S/C39H46O9/c1-8-23-14-13-22(11-10-12-28(42)48-9-2)17-25(23)24-15-16-27(41)30-26(24)18-37(6)19-38(7)31(20(3)4)33(43)29(21(5)40)35(45)39(38,47)36(46)32(37)34(30)44/h13-17,20,31,41,44-45,47H,8-12,18-19H2,1-7H3/t31?,37-,38-,39+/m1/s1. The first-order valence-corrected chi connectivity index (χ1v) is 16.8. The molecule has 1 saturated carbocycles. The molecule has 2 aromatic carbocycles. The molecule has 0 amide bonds. The van der Waals surface area contributed by atoms with E-state index < -0.39 is 62.7 Å². The van der Waals surface area contributed by atoms with E-state index in [1.165, 1.54) is 6.07 Å². The molecular formula is C39H46O9. The molecule has 0 heterocycles. The average Bonchev–Trinajstić information content (AvgIpc) is 2.99. The summed E-state index contributed by atoms with van der Waals surface area (Å²) in [7, 11) is 0. The lowest BCUT2D eigenvalue weighted by Crippen LogP contribution is -2.69. The number of aliphatic hydroxyl groups is 3. The Balaban J connectivity index is 1.70. The molecule has 4 atom stereocenters. The van der Waals surface area contributed by atoms with Gasteiger partial charge in [0.1, 0.15) is 22.8 Å². The molecule has 256 valence electrons. The number of benzene rings is 2. The highest BCUT2D eigenvalue weighted by Crippen LogP contribution is 2.65. The third-order valence-corrected chi connectivity index (χ3v) is 10.9. The number of ketones is 3. The molecule has 0 aliphatic heterocycles. The molecule has 48 heavy (non-hydrogen) atoms. The molecule has 0 saturated heterocycles. The number of aryl methyl sites for hydroxylation is 2. The van der Waals surface area contributed by atoms with Crippen LogP contribution in [0.4, 0.5) is 0 Å². The van der Waals surface area contributed by atoms with Gasteiger partial charge in [-0.3, -0.25) is 19.2 Å². The van der Waals surface area contributed by atoms with Crippen molar-refractivity contribution in [2.45, 2.75) is 92.6 Å². The van der Waals surface area contributed by atoms with Crippen molar-refractivity contribution in [1.82, 2.24) is 0 Å². The minimum absolute atomic E-state index is 0.0224. The van der Waals surface area contributed by atoms with E-state index in [1.807, 2.05) is 19.1 Å². The summed E-state index contributed by atoms with van der Waals surface area (Å²) in [5.74, 6) is -5.72. The zero-order valence-electron chi connectivity index (χ0n) is 28.8. The number of hydrogen-bond acceptors (Lipinski definition) is 9. The number of esters is 1. The lowest BCUT2D eigenvalue weighted by molar-refractivity contribution is -0.178. The third-order valence-electron chi connectivity index (χ3n) is 10.9. The highest BCUT2D eigenvalue weighted by Gasteiger charge is 2.72. The van der Waals surface area contributed by atoms with Crippen molar-refractivity contribution in [3.8, 4) is 16.9 Å². The van der Waals surface area contributed by atoms with E-state index in [2.05, 4.69) is 6.07 Å². The summed E-state index contributed by atoms with van der Waals surface area (Å²) >= 11 is 0. The Morgan fingerprint density at radius 3 is 2.31 bits per heavy atom. The maximum Gasteiger partial charge on any atom is 0.305 e. The van der Waals surface area contributed by atoms with Crippen molar-refractivity contribution in [3.63, 3.8) is 0 Å².